The summed E-state index contributed by atoms with van der Waals surface area (Å²) in [5.41, 5.74) is 3.72. The Labute approximate surface area is 128 Å². The predicted molar refractivity (Wildman–Crippen MR) is 85.7 cm³/mol. The van der Waals surface area contributed by atoms with Gasteiger partial charge in [0.25, 0.3) is 0 Å². The highest BCUT2D eigenvalue weighted by molar-refractivity contribution is 9.10. The molecule has 0 unspecified atom stereocenters. The molecule has 0 amide bonds. The number of aryl methyl sites for hydroxylation is 2. The van der Waals surface area contributed by atoms with Gasteiger partial charge >= 0.3 is 0 Å². The summed E-state index contributed by atoms with van der Waals surface area (Å²) in [6, 6.07) is 8.46. The third-order valence-corrected chi connectivity index (χ3v) is 4.10. The fraction of sp³-hybridized carbons (Fsp3) is 0.375. The molecule has 2 aromatic rings. The maximum Gasteiger partial charge on any atom is 0.137 e. The Morgan fingerprint density at radius 2 is 1.90 bits per heavy atom. The maximum atomic E-state index is 4.72. The normalized spacial score (nSPS) is 14.4. The summed E-state index contributed by atoms with van der Waals surface area (Å²) in [5.74, 6) is 2.46. The van der Waals surface area contributed by atoms with Gasteiger partial charge in [0.05, 0.1) is 0 Å². The van der Waals surface area contributed by atoms with Crippen LogP contribution in [0.4, 0.5) is 11.5 Å². The predicted octanol–water partition coefficient (Wildman–Crippen LogP) is 4.50. The molecule has 1 aliphatic rings. The number of hydrogen-bond donors (Lipinski definition) is 0. The quantitative estimate of drug-likeness (QED) is 0.775. The molecular formula is C16H18BrN3. The summed E-state index contributed by atoms with van der Waals surface area (Å²) < 4.78 is 0.862. The lowest BCUT2D eigenvalue weighted by Crippen LogP contribution is -2.14. The van der Waals surface area contributed by atoms with Crippen molar-refractivity contribution in [3.05, 3.63) is 45.8 Å². The number of nitrogens with zero attached hydrogens (tertiary/aromatic N) is 3. The topological polar surface area (TPSA) is 29.0 Å². The molecule has 0 N–H and O–H groups in total. The third-order valence-electron chi connectivity index (χ3n) is 3.70. The van der Waals surface area contributed by atoms with Crippen molar-refractivity contribution in [2.45, 2.75) is 32.6 Å². The second kappa shape index (κ2) is 5.17. The van der Waals surface area contributed by atoms with Crippen molar-refractivity contribution >= 4 is 27.4 Å². The summed E-state index contributed by atoms with van der Waals surface area (Å²) in [6.07, 6.45) is 2.42. The van der Waals surface area contributed by atoms with Crippen molar-refractivity contribution in [2.75, 3.05) is 11.9 Å². The minimum absolute atomic E-state index is 0.554. The SMILES string of the molecule is Cc1ccc(N(C)c2cc(Br)nc(C3CC3)n2)c(C)c1. The number of aromatic nitrogens is 2. The van der Waals surface area contributed by atoms with Crippen LogP contribution in [0.2, 0.25) is 0 Å². The highest BCUT2D eigenvalue weighted by atomic mass is 79.9. The van der Waals surface area contributed by atoms with Gasteiger partial charge in [-0.15, -0.1) is 0 Å². The van der Waals surface area contributed by atoms with Gasteiger partial charge in [-0.2, -0.15) is 0 Å². The van der Waals surface area contributed by atoms with E-state index in [0.717, 1.165) is 16.2 Å². The van der Waals surface area contributed by atoms with Crippen LogP contribution >= 0.6 is 15.9 Å². The van der Waals surface area contributed by atoms with E-state index < -0.39 is 0 Å². The van der Waals surface area contributed by atoms with E-state index in [1.807, 2.05) is 6.07 Å². The molecule has 3 nitrogen and oxygen atoms in total. The van der Waals surface area contributed by atoms with Crippen molar-refractivity contribution in [2.24, 2.45) is 0 Å². The molecular weight excluding hydrogens is 314 g/mol. The van der Waals surface area contributed by atoms with Gasteiger partial charge in [0.2, 0.25) is 0 Å². The van der Waals surface area contributed by atoms with E-state index in [9.17, 15) is 0 Å². The van der Waals surface area contributed by atoms with Crippen LogP contribution < -0.4 is 4.90 Å². The number of anilines is 2. The lowest BCUT2D eigenvalue weighted by molar-refractivity contribution is 0.903. The molecule has 104 valence electrons. The minimum atomic E-state index is 0.554. The molecule has 0 saturated heterocycles. The second-order valence-corrected chi connectivity index (χ2v) is 6.34. The number of benzene rings is 1. The van der Waals surface area contributed by atoms with Crippen LogP contribution in [-0.2, 0) is 0 Å². The molecule has 0 spiro atoms. The average molecular weight is 332 g/mol. The molecule has 0 radical (unpaired) electrons. The van der Waals surface area contributed by atoms with Gasteiger partial charge in [0, 0.05) is 24.7 Å². The highest BCUT2D eigenvalue weighted by Crippen LogP contribution is 2.39. The third kappa shape index (κ3) is 2.70. The highest BCUT2D eigenvalue weighted by Gasteiger charge is 2.27. The largest absolute Gasteiger partial charge is 0.329 e. The van der Waals surface area contributed by atoms with Gasteiger partial charge in [-0.05, 0) is 54.2 Å². The smallest absolute Gasteiger partial charge is 0.137 e. The molecule has 0 aliphatic heterocycles. The van der Waals surface area contributed by atoms with E-state index in [0.29, 0.717) is 5.92 Å². The Morgan fingerprint density at radius 1 is 1.15 bits per heavy atom. The van der Waals surface area contributed by atoms with Crippen molar-refractivity contribution in [3.8, 4) is 0 Å². The molecule has 1 heterocycles. The van der Waals surface area contributed by atoms with Crippen LogP contribution in [0, 0.1) is 13.8 Å². The van der Waals surface area contributed by atoms with Crippen LogP contribution in [0.15, 0.2) is 28.9 Å². The minimum Gasteiger partial charge on any atom is -0.329 e. The maximum absolute atomic E-state index is 4.72. The van der Waals surface area contributed by atoms with E-state index in [1.165, 1.54) is 29.7 Å². The van der Waals surface area contributed by atoms with E-state index in [1.54, 1.807) is 0 Å². The summed E-state index contributed by atoms with van der Waals surface area (Å²) in [5, 5.41) is 0. The van der Waals surface area contributed by atoms with E-state index >= 15 is 0 Å². The van der Waals surface area contributed by atoms with E-state index in [2.05, 4.69) is 64.9 Å². The first kappa shape index (κ1) is 13.6. The van der Waals surface area contributed by atoms with Gasteiger partial charge in [-0.1, -0.05) is 17.7 Å². The van der Waals surface area contributed by atoms with Crippen molar-refractivity contribution in [1.82, 2.24) is 9.97 Å². The van der Waals surface area contributed by atoms with Crippen molar-refractivity contribution in [1.29, 1.82) is 0 Å². The van der Waals surface area contributed by atoms with Crippen LogP contribution in [0.5, 0.6) is 0 Å². The fourth-order valence-corrected chi connectivity index (χ4v) is 2.81. The van der Waals surface area contributed by atoms with Gasteiger partial charge in [0.15, 0.2) is 0 Å². The zero-order valence-electron chi connectivity index (χ0n) is 12.0. The van der Waals surface area contributed by atoms with Crippen LogP contribution in [0.25, 0.3) is 0 Å². The van der Waals surface area contributed by atoms with Crippen molar-refractivity contribution in [3.63, 3.8) is 0 Å². The second-order valence-electron chi connectivity index (χ2n) is 5.53. The monoisotopic (exact) mass is 331 g/mol. The first-order valence-corrected chi connectivity index (χ1v) is 7.69. The number of rotatable bonds is 3. The Balaban J connectivity index is 1.98. The first-order chi connectivity index (χ1) is 9.54. The first-order valence-electron chi connectivity index (χ1n) is 6.90. The molecule has 1 saturated carbocycles. The Bertz CT molecular complexity index is 650. The average Bonchev–Trinajstić information content (AvgIpc) is 3.21. The molecule has 20 heavy (non-hydrogen) atoms. The van der Waals surface area contributed by atoms with Crippen LogP contribution in [-0.4, -0.2) is 17.0 Å². The lowest BCUT2D eigenvalue weighted by atomic mass is 10.1. The zero-order valence-corrected chi connectivity index (χ0v) is 13.6. The van der Waals surface area contributed by atoms with Crippen LogP contribution in [0.1, 0.15) is 35.7 Å². The zero-order chi connectivity index (χ0) is 14.3. The van der Waals surface area contributed by atoms with Crippen LogP contribution in [0.3, 0.4) is 0 Å². The van der Waals surface area contributed by atoms with Crippen molar-refractivity contribution < 1.29 is 0 Å². The fourth-order valence-electron chi connectivity index (χ4n) is 2.42. The molecule has 1 aromatic heterocycles. The molecule has 1 fully saturated rings. The standard InChI is InChI=1S/C16H18BrN3/c1-10-4-7-13(11(2)8-10)20(3)15-9-14(17)18-16(19-15)12-5-6-12/h4,7-9,12H,5-6H2,1-3H3. The summed E-state index contributed by atoms with van der Waals surface area (Å²) in [4.78, 5) is 11.3. The Hall–Kier alpha value is -1.42. The molecule has 3 rings (SSSR count). The lowest BCUT2D eigenvalue weighted by Gasteiger charge is -2.21. The molecule has 4 heteroatoms. The number of halogens is 1. The van der Waals surface area contributed by atoms with Gasteiger partial charge in [-0.3, -0.25) is 0 Å². The Kier molecular flexibility index (Phi) is 3.50. The molecule has 1 aromatic carbocycles. The van der Waals surface area contributed by atoms with Gasteiger partial charge in [-0.25, -0.2) is 9.97 Å². The molecule has 0 bridgehead atoms. The number of hydrogen-bond acceptors (Lipinski definition) is 3. The summed E-state index contributed by atoms with van der Waals surface area (Å²) >= 11 is 3.50. The van der Waals surface area contributed by atoms with Gasteiger partial charge in [0.1, 0.15) is 16.2 Å². The van der Waals surface area contributed by atoms with E-state index in [-0.39, 0.29) is 0 Å². The summed E-state index contributed by atoms with van der Waals surface area (Å²) in [7, 11) is 2.06. The van der Waals surface area contributed by atoms with Gasteiger partial charge < -0.3 is 4.90 Å². The Morgan fingerprint density at radius 3 is 2.55 bits per heavy atom. The molecule has 1 aliphatic carbocycles. The van der Waals surface area contributed by atoms with E-state index in [4.69, 9.17) is 4.98 Å². The molecule has 0 atom stereocenters. The summed E-state index contributed by atoms with van der Waals surface area (Å²) in [6.45, 7) is 4.25.